The minimum Gasteiger partial charge on any atom is -0.378 e. The van der Waals surface area contributed by atoms with Crippen LogP contribution >= 0.6 is 11.6 Å². The number of sulfonamides is 1. The standard InChI is InChI=1S/C20H24ClN5O4S/c21-15-1-4-19(23-14-15)25-5-7-26(8-6-25)20(27)17-13-16(31(22,28)29)2-3-18(17)24-9-11-30-12-10-24/h1-4,13-14H,5-12H2,(H2,22,28,29). The maximum Gasteiger partial charge on any atom is 0.256 e. The lowest BCUT2D eigenvalue weighted by Crippen LogP contribution is -2.49. The Balaban J connectivity index is 1.56. The fourth-order valence-corrected chi connectivity index (χ4v) is 4.46. The molecular weight excluding hydrogens is 442 g/mol. The summed E-state index contributed by atoms with van der Waals surface area (Å²) in [7, 11) is -3.93. The van der Waals surface area contributed by atoms with E-state index < -0.39 is 10.0 Å². The highest BCUT2D eigenvalue weighted by Gasteiger charge is 2.27. The summed E-state index contributed by atoms with van der Waals surface area (Å²) in [6.45, 7) is 4.57. The molecule has 0 radical (unpaired) electrons. The lowest BCUT2D eigenvalue weighted by atomic mass is 10.1. The first-order valence-corrected chi connectivity index (χ1v) is 11.9. The van der Waals surface area contributed by atoms with E-state index in [4.69, 9.17) is 21.5 Å². The number of carbonyl (C=O) groups is 1. The fraction of sp³-hybridized carbons (Fsp3) is 0.400. The number of halogens is 1. The van der Waals surface area contributed by atoms with Crippen molar-refractivity contribution < 1.29 is 17.9 Å². The van der Waals surface area contributed by atoms with Gasteiger partial charge in [0, 0.05) is 51.2 Å². The summed E-state index contributed by atoms with van der Waals surface area (Å²) in [5.74, 6) is 0.595. The number of hydrogen-bond acceptors (Lipinski definition) is 7. The molecule has 2 saturated heterocycles. The summed E-state index contributed by atoms with van der Waals surface area (Å²) in [6, 6.07) is 8.13. The second kappa shape index (κ2) is 8.99. The number of ether oxygens (including phenoxy) is 1. The van der Waals surface area contributed by atoms with E-state index in [2.05, 4.69) is 9.88 Å². The molecule has 0 bridgehead atoms. The van der Waals surface area contributed by atoms with E-state index in [9.17, 15) is 13.2 Å². The van der Waals surface area contributed by atoms with Gasteiger partial charge in [-0.05, 0) is 30.3 Å². The van der Waals surface area contributed by atoms with Crippen LogP contribution in [-0.2, 0) is 14.8 Å². The third kappa shape index (κ3) is 4.93. The fourth-order valence-electron chi connectivity index (χ4n) is 3.81. The Morgan fingerprint density at radius 3 is 2.32 bits per heavy atom. The number of nitrogens with zero attached hydrogens (tertiary/aromatic N) is 4. The molecule has 0 aliphatic carbocycles. The molecule has 4 rings (SSSR count). The van der Waals surface area contributed by atoms with Crippen molar-refractivity contribution >= 4 is 39.0 Å². The Hall–Kier alpha value is -2.40. The van der Waals surface area contributed by atoms with Crippen LogP contribution in [0.3, 0.4) is 0 Å². The van der Waals surface area contributed by atoms with Crippen molar-refractivity contribution in [2.45, 2.75) is 4.90 Å². The van der Waals surface area contributed by atoms with E-state index >= 15 is 0 Å². The van der Waals surface area contributed by atoms with Crippen molar-refractivity contribution in [1.29, 1.82) is 0 Å². The predicted octanol–water partition coefficient (Wildman–Crippen LogP) is 1.18. The zero-order valence-electron chi connectivity index (χ0n) is 16.9. The number of anilines is 2. The largest absolute Gasteiger partial charge is 0.378 e. The van der Waals surface area contributed by atoms with Crippen LogP contribution < -0.4 is 14.9 Å². The van der Waals surface area contributed by atoms with Gasteiger partial charge in [0.25, 0.3) is 5.91 Å². The summed E-state index contributed by atoms with van der Waals surface area (Å²) < 4.78 is 29.2. The second-order valence-electron chi connectivity index (χ2n) is 7.44. The molecule has 11 heteroatoms. The first-order valence-electron chi connectivity index (χ1n) is 9.98. The minimum absolute atomic E-state index is 0.0724. The average Bonchev–Trinajstić information content (AvgIpc) is 2.79. The van der Waals surface area contributed by atoms with Gasteiger partial charge in [0.15, 0.2) is 0 Å². The highest BCUT2D eigenvalue weighted by Crippen LogP contribution is 2.27. The van der Waals surface area contributed by atoms with Gasteiger partial charge in [-0.3, -0.25) is 4.79 Å². The monoisotopic (exact) mass is 465 g/mol. The maximum atomic E-state index is 13.4. The van der Waals surface area contributed by atoms with Crippen molar-refractivity contribution in [1.82, 2.24) is 9.88 Å². The van der Waals surface area contributed by atoms with Crippen molar-refractivity contribution in [2.24, 2.45) is 5.14 Å². The highest BCUT2D eigenvalue weighted by molar-refractivity contribution is 7.89. The number of aromatic nitrogens is 1. The summed E-state index contributed by atoms with van der Waals surface area (Å²) >= 11 is 5.91. The third-order valence-electron chi connectivity index (χ3n) is 5.48. The van der Waals surface area contributed by atoms with Crippen molar-refractivity contribution in [3.63, 3.8) is 0 Å². The molecule has 0 saturated carbocycles. The van der Waals surface area contributed by atoms with E-state index in [-0.39, 0.29) is 10.8 Å². The molecular formula is C20H24ClN5O4S. The molecule has 1 aromatic carbocycles. The van der Waals surface area contributed by atoms with Crippen LogP contribution in [-0.4, -0.2) is 76.7 Å². The van der Waals surface area contributed by atoms with Gasteiger partial charge in [0.1, 0.15) is 5.82 Å². The molecule has 2 N–H and O–H groups in total. The number of hydrogen-bond donors (Lipinski definition) is 1. The Labute approximate surface area is 186 Å². The predicted molar refractivity (Wildman–Crippen MR) is 118 cm³/mol. The van der Waals surface area contributed by atoms with Gasteiger partial charge in [0.05, 0.1) is 28.7 Å². The highest BCUT2D eigenvalue weighted by atomic mass is 35.5. The van der Waals surface area contributed by atoms with Crippen LogP contribution in [0.15, 0.2) is 41.4 Å². The molecule has 2 aliphatic rings. The number of pyridine rings is 1. The van der Waals surface area contributed by atoms with Crippen molar-refractivity contribution in [3.05, 3.63) is 47.1 Å². The number of nitrogens with two attached hydrogens (primary N) is 1. The smallest absolute Gasteiger partial charge is 0.256 e. The molecule has 166 valence electrons. The molecule has 0 unspecified atom stereocenters. The van der Waals surface area contributed by atoms with Crippen LogP contribution in [0, 0.1) is 0 Å². The zero-order chi connectivity index (χ0) is 22.0. The summed E-state index contributed by atoms with van der Waals surface area (Å²) in [5, 5.41) is 5.89. The Morgan fingerprint density at radius 1 is 1.00 bits per heavy atom. The van der Waals surface area contributed by atoms with Crippen LogP contribution in [0.25, 0.3) is 0 Å². The van der Waals surface area contributed by atoms with E-state index in [1.54, 1.807) is 23.2 Å². The molecule has 9 nitrogen and oxygen atoms in total. The first kappa shape index (κ1) is 21.8. The summed E-state index contributed by atoms with van der Waals surface area (Å²) in [4.78, 5) is 23.5. The van der Waals surface area contributed by atoms with Crippen LogP contribution in [0.1, 0.15) is 10.4 Å². The van der Waals surface area contributed by atoms with Gasteiger partial charge in [-0.15, -0.1) is 0 Å². The van der Waals surface area contributed by atoms with Gasteiger partial charge >= 0.3 is 0 Å². The van der Waals surface area contributed by atoms with Crippen molar-refractivity contribution in [3.8, 4) is 0 Å². The lowest BCUT2D eigenvalue weighted by molar-refractivity contribution is 0.0745. The molecule has 2 aliphatic heterocycles. The number of morpholine rings is 1. The van der Waals surface area contributed by atoms with Crippen molar-refractivity contribution in [2.75, 3.05) is 62.3 Å². The molecule has 3 heterocycles. The minimum atomic E-state index is -3.93. The molecule has 1 amide bonds. The number of benzene rings is 1. The summed E-state index contributed by atoms with van der Waals surface area (Å²) in [6.07, 6.45) is 1.60. The van der Waals surface area contributed by atoms with Gasteiger partial charge in [-0.2, -0.15) is 0 Å². The zero-order valence-corrected chi connectivity index (χ0v) is 18.5. The number of piperazine rings is 1. The topological polar surface area (TPSA) is 109 Å². The Morgan fingerprint density at radius 2 is 1.71 bits per heavy atom. The Bertz CT molecular complexity index is 1050. The molecule has 0 atom stereocenters. The maximum absolute atomic E-state index is 13.4. The molecule has 2 fully saturated rings. The molecule has 1 aromatic heterocycles. The van der Waals surface area contributed by atoms with Gasteiger partial charge in [-0.25, -0.2) is 18.5 Å². The molecule has 31 heavy (non-hydrogen) atoms. The van der Waals surface area contributed by atoms with E-state index in [0.717, 1.165) is 5.82 Å². The quantitative estimate of drug-likeness (QED) is 0.722. The number of carbonyl (C=O) groups excluding carboxylic acids is 1. The van der Waals surface area contributed by atoms with E-state index in [1.807, 2.05) is 11.0 Å². The number of amides is 1. The van der Waals surface area contributed by atoms with Crippen LogP contribution in [0.2, 0.25) is 5.02 Å². The van der Waals surface area contributed by atoms with E-state index in [0.29, 0.717) is 68.8 Å². The first-order chi connectivity index (χ1) is 14.8. The SMILES string of the molecule is NS(=O)(=O)c1ccc(N2CCOCC2)c(C(=O)N2CCN(c3ccc(Cl)cn3)CC2)c1. The van der Waals surface area contributed by atoms with Gasteiger partial charge in [-0.1, -0.05) is 11.6 Å². The lowest BCUT2D eigenvalue weighted by Gasteiger charge is -2.36. The number of primary sulfonamides is 1. The van der Waals surface area contributed by atoms with E-state index in [1.165, 1.54) is 12.1 Å². The third-order valence-corrected chi connectivity index (χ3v) is 6.62. The number of rotatable bonds is 4. The van der Waals surface area contributed by atoms with Gasteiger partial charge < -0.3 is 19.4 Å². The van der Waals surface area contributed by atoms with Gasteiger partial charge in [0.2, 0.25) is 10.0 Å². The average molecular weight is 466 g/mol. The Kier molecular flexibility index (Phi) is 6.33. The molecule has 2 aromatic rings. The molecule has 0 spiro atoms. The summed E-state index contributed by atoms with van der Waals surface area (Å²) in [5.41, 5.74) is 1.04. The van der Waals surface area contributed by atoms with Crippen LogP contribution in [0.5, 0.6) is 0 Å². The second-order valence-corrected chi connectivity index (χ2v) is 9.44. The normalized spacial score (nSPS) is 17.7. The van der Waals surface area contributed by atoms with Crippen LogP contribution in [0.4, 0.5) is 11.5 Å².